The molecule has 0 saturated carbocycles. The van der Waals surface area contributed by atoms with Crippen molar-refractivity contribution in [3.05, 3.63) is 70.8 Å². The lowest BCUT2D eigenvalue weighted by molar-refractivity contribution is -0.121. The summed E-state index contributed by atoms with van der Waals surface area (Å²) in [5.74, 6) is -0.218. The summed E-state index contributed by atoms with van der Waals surface area (Å²) in [7, 11) is 1.78. The normalized spacial score (nSPS) is 10.7. The van der Waals surface area contributed by atoms with E-state index >= 15 is 0 Å². The van der Waals surface area contributed by atoms with Crippen LogP contribution in [0.1, 0.15) is 65.5 Å². The second-order valence-corrected chi connectivity index (χ2v) is 7.46. The van der Waals surface area contributed by atoms with Crippen molar-refractivity contribution in [1.29, 1.82) is 0 Å². The van der Waals surface area contributed by atoms with Crippen molar-refractivity contribution in [1.82, 2.24) is 10.2 Å². The highest BCUT2D eigenvalue weighted by Gasteiger charge is 2.14. The molecule has 0 radical (unpaired) electrons. The van der Waals surface area contributed by atoms with E-state index in [1.54, 1.807) is 24.1 Å². The van der Waals surface area contributed by atoms with E-state index in [-0.39, 0.29) is 36.5 Å². The summed E-state index contributed by atoms with van der Waals surface area (Å²) < 4.78 is 0. The third-order valence-corrected chi connectivity index (χ3v) is 5.05. The smallest absolute Gasteiger partial charge is 0.253 e. The van der Waals surface area contributed by atoms with Crippen molar-refractivity contribution in [2.45, 2.75) is 52.6 Å². The minimum Gasteiger partial charge on any atom is -0.352 e. The Morgan fingerprint density at radius 2 is 1.41 bits per heavy atom. The Morgan fingerprint density at radius 1 is 0.862 bits per heavy atom. The Balaban J connectivity index is 1.79. The Hall–Kier alpha value is -2.95. The first-order chi connectivity index (χ1) is 13.8. The maximum Gasteiger partial charge on any atom is 0.253 e. The topological polar surface area (TPSA) is 66.5 Å². The molecule has 0 unspecified atom stereocenters. The molecule has 0 aliphatic carbocycles. The number of rotatable bonds is 9. The summed E-state index contributed by atoms with van der Waals surface area (Å²) >= 11 is 0. The summed E-state index contributed by atoms with van der Waals surface area (Å²) in [6.45, 7) is 6.36. The summed E-state index contributed by atoms with van der Waals surface area (Å²) in [5, 5.41) is 2.83. The standard InChI is InChI=1S/C24H30N2O3/c1-5-18-6-10-20(11-7-18)22(27)14-15-23(28)25-16-19-8-12-21(13-9-19)24(29)26(4)17(2)3/h6-13,17H,5,14-16H2,1-4H3,(H,25,28). The molecule has 0 aromatic heterocycles. The first-order valence-corrected chi connectivity index (χ1v) is 10.1. The van der Waals surface area contributed by atoms with Crippen LogP contribution in [0.5, 0.6) is 0 Å². The van der Waals surface area contributed by atoms with Crippen LogP contribution in [0.4, 0.5) is 0 Å². The number of amides is 2. The number of hydrogen-bond acceptors (Lipinski definition) is 3. The molecule has 2 aromatic carbocycles. The van der Waals surface area contributed by atoms with E-state index in [0.29, 0.717) is 17.7 Å². The number of ketones is 1. The Kier molecular flexibility index (Phi) is 8.13. The van der Waals surface area contributed by atoms with Gasteiger partial charge in [-0.1, -0.05) is 43.3 Å². The molecule has 0 heterocycles. The lowest BCUT2D eigenvalue weighted by Crippen LogP contribution is -2.32. The van der Waals surface area contributed by atoms with Crippen molar-refractivity contribution < 1.29 is 14.4 Å². The van der Waals surface area contributed by atoms with Gasteiger partial charge < -0.3 is 10.2 Å². The first-order valence-electron chi connectivity index (χ1n) is 10.1. The SMILES string of the molecule is CCc1ccc(C(=O)CCC(=O)NCc2ccc(C(=O)N(C)C(C)C)cc2)cc1. The summed E-state index contributed by atoms with van der Waals surface area (Å²) in [5.41, 5.74) is 3.35. The molecule has 0 fully saturated rings. The lowest BCUT2D eigenvalue weighted by Gasteiger charge is -2.21. The zero-order chi connectivity index (χ0) is 21.4. The van der Waals surface area contributed by atoms with E-state index in [1.165, 1.54) is 5.56 Å². The molecule has 0 atom stereocenters. The van der Waals surface area contributed by atoms with Crippen LogP contribution < -0.4 is 5.32 Å². The van der Waals surface area contributed by atoms with Crippen LogP contribution in [0, 0.1) is 0 Å². The van der Waals surface area contributed by atoms with E-state index in [0.717, 1.165) is 12.0 Å². The minimum absolute atomic E-state index is 0.0268. The van der Waals surface area contributed by atoms with E-state index in [2.05, 4.69) is 12.2 Å². The van der Waals surface area contributed by atoms with Crippen molar-refractivity contribution in [3.8, 4) is 0 Å². The zero-order valence-electron chi connectivity index (χ0n) is 17.7. The molecule has 0 saturated heterocycles. The van der Waals surface area contributed by atoms with Crippen LogP contribution in [-0.4, -0.2) is 35.6 Å². The third kappa shape index (κ3) is 6.56. The predicted octanol–water partition coefficient (Wildman–Crippen LogP) is 4.01. The van der Waals surface area contributed by atoms with Crippen molar-refractivity contribution in [2.75, 3.05) is 7.05 Å². The van der Waals surface area contributed by atoms with E-state index < -0.39 is 0 Å². The summed E-state index contributed by atoms with van der Waals surface area (Å²) in [6, 6.07) is 14.9. The van der Waals surface area contributed by atoms with Crippen LogP contribution in [0.2, 0.25) is 0 Å². The molecule has 2 aromatic rings. The molecule has 0 aliphatic rings. The highest BCUT2D eigenvalue weighted by molar-refractivity contribution is 5.98. The lowest BCUT2D eigenvalue weighted by atomic mass is 10.0. The van der Waals surface area contributed by atoms with E-state index in [9.17, 15) is 14.4 Å². The van der Waals surface area contributed by atoms with Gasteiger partial charge in [-0.3, -0.25) is 14.4 Å². The number of aryl methyl sites for hydroxylation is 1. The van der Waals surface area contributed by atoms with E-state index in [1.807, 2.05) is 50.2 Å². The molecule has 2 amide bonds. The van der Waals surface area contributed by atoms with Gasteiger partial charge in [0.05, 0.1) is 0 Å². The molecular weight excluding hydrogens is 364 g/mol. The van der Waals surface area contributed by atoms with Crippen LogP contribution in [0.15, 0.2) is 48.5 Å². The maximum atomic E-state index is 12.3. The van der Waals surface area contributed by atoms with Crippen LogP contribution >= 0.6 is 0 Å². The number of Topliss-reactive ketones (excluding diaryl/α,β-unsaturated/α-hetero) is 1. The molecule has 0 spiro atoms. The van der Waals surface area contributed by atoms with Gasteiger partial charge >= 0.3 is 0 Å². The number of carbonyl (C=O) groups excluding carboxylic acids is 3. The van der Waals surface area contributed by atoms with Gasteiger partial charge in [-0.05, 0) is 43.5 Å². The average Bonchev–Trinajstić information content (AvgIpc) is 2.75. The highest BCUT2D eigenvalue weighted by atomic mass is 16.2. The Labute approximate surface area is 173 Å². The zero-order valence-corrected chi connectivity index (χ0v) is 17.7. The molecule has 5 heteroatoms. The fraction of sp³-hybridized carbons (Fsp3) is 0.375. The quantitative estimate of drug-likeness (QED) is 0.654. The third-order valence-electron chi connectivity index (χ3n) is 5.05. The number of carbonyl (C=O) groups is 3. The van der Waals surface area contributed by atoms with Gasteiger partial charge in [0, 0.05) is 43.6 Å². The van der Waals surface area contributed by atoms with E-state index in [4.69, 9.17) is 0 Å². The van der Waals surface area contributed by atoms with Gasteiger partial charge in [0.25, 0.3) is 5.91 Å². The molecule has 0 aliphatic heterocycles. The molecule has 5 nitrogen and oxygen atoms in total. The van der Waals surface area contributed by atoms with Crippen molar-refractivity contribution >= 4 is 17.6 Å². The average molecular weight is 395 g/mol. The maximum absolute atomic E-state index is 12.3. The minimum atomic E-state index is -0.164. The van der Waals surface area contributed by atoms with Gasteiger partial charge in [-0.15, -0.1) is 0 Å². The fourth-order valence-electron chi connectivity index (χ4n) is 2.79. The monoisotopic (exact) mass is 394 g/mol. The fourth-order valence-corrected chi connectivity index (χ4v) is 2.79. The van der Waals surface area contributed by atoms with Crippen LogP contribution in [0.3, 0.4) is 0 Å². The predicted molar refractivity (Wildman–Crippen MR) is 115 cm³/mol. The van der Waals surface area contributed by atoms with Gasteiger partial charge in [-0.25, -0.2) is 0 Å². The molecule has 2 rings (SSSR count). The van der Waals surface area contributed by atoms with Crippen LogP contribution in [-0.2, 0) is 17.8 Å². The van der Waals surface area contributed by atoms with Gasteiger partial charge in [-0.2, -0.15) is 0 Å². The van der Waals surface area contributed by atoms with Crippen molar-refractivity contribution in [3.63, 3.8) is 0 Å². The number of nitrogens with zero attached hydrogens (tertiary/aromatic N) is 1. The Bertz CT molecular complexity index is 839. The van der Waals surface area contributed by atoms with Gasteiger partial charge in [0.2, 0.25) is 5.91 Å². The molecule has 29 heavy (non-hydrogen) atoms. The number of nitrogens with one attached hydrogen (secondary N) is 1. The van der Waals surface area contributed by atoms with Gasteiger partial charge in [0.1, 0.15) is 0 Å². The van der Waals surface area contributed by atoms with Crippen LogP contribution in [0.25, 0.3) is 0 Å². The Morgan fingerprint density at radius 3 is 1.97 bits per heavy atom. The molecule has 0 bridgehead atoms. The number of benzene rings is 2. The first kappa shape index (κ1) is 22.3. The largest absolute Gasteiger partial charge is 0.352 e. The van der Waals surface area contributed by atoms with Crippen molar-refractivity contribution in [2.24, 2.45) is 0 Å². The second-order valence-electron chi connectivity index (χ2n) is 7.46. The second kappa shape index (κ2) is 10.6. The molecular formula is C24H30N2O3. The summed E-state index contributed by atoms with van der Waals surface area (Å²) in [6.07, 6.45) is 1.27. The molecule has 154 valence electrons. The van der Waals surface area contributed by atoms with Gasteiger partial charge in [0.15, 0.2) is 5.78 Å². The summed E-state index contributed by atoms with van der Waals surface area (Å²) in [4.78, 5) is 38.3. The highest BCUT2D eigenvalue weighted by Crippen LogP contribution is 2.10. The number of hydrogen-bond donors (Lipinski definition) is 1. The molecule has 1 N–H and O–H groups in total.